The smallest absolute Gasteiger partial charge is 0.407 e. The molecule has 0 aromatic carbocycles. The molecule has 1 rings (SSSR count). The minimum atomic E-state index is -0.908. The largest absolute Gasteiger partial charge is 0.481 e. The molecule has 0 aliphatic carbocycles. The van der Waals surface area contributed by atoms with E-state index in [0.717, 1.165) is 18.6 Å². The highest BCUT2D eigenvalue weighted by Gasteiger charge is 2.40. The molecule has 0 aromatic rings. The van der Waals surface area contributed by atoms with Gasteiger partial charge in [-0.2, -0.15) is 11.8 Å². The third kappa shape index (κ3) is 5.30. The molecule has 0 saturated carbocycles. The molecule has 0 bridgehead atoms. The van der Waals surface area contributed by atoms with Crippen molar-refractivity contribution in [2.75, 3.05) is 5.75 Å². The number of carbonyl (C=O) groups is 2. The molecule has 1 aliphatic rings. The van der Waals surface area contributed by atoms with Gasteiger partial charge in [0.1, 0.15) is 5.60 Å². The van der Waals surface area contributed by atoms with E-state index in [1.807, 2.05) is 6.92 Å². The normalized spacial score (nSPS) is 24.8. The van der Waals surface area contributed by atoms with Gasteiger partial charge in [0, 0.05) is 4.75 Å². The van der Waals surface area contributed by atoms with Crippen LogP contribution in [0.25, 0.3) is 0 Å². The molecule has 0 aromatic heterocycles. The average molecular weight is 289 g/mol. The first-order valence-corrected chi connectivity index (χ1v) is 7.46. The van der Waals surface area contributed by atoms with E-state index in [1.54, 1.807) is 32.5 Å². The molecule has 2 unspecified atom stereocenters. The second-order valence-corrected chi connectivity index (χ2v) is 7.69. The monoisotopic (exact) mass is 289 g/mol. The molecule has 0 radical (unpaired) electrons. The van der Waals surface area contributed by atoms with Gasteiger partial charge in [0.15, 0.2) is 0 Å². The lowest BCUT2D eigenvalue weighted by atomic mass is 9.93. The number of carbonyl (C=O) groups excluding carboxylic acids is 1. The van der Waals surface area contributed by atoms with Crippen LogP contribution in [0, 0.1) is 0 Å². The number of hydrogen-bond acceptors (Lipinski definition) is 4. The van der Waals surface area contributed by atoms with Gasteiger partial charge in [-0.15, -0.1) is 0 Å². The van der Waals surface area contributed by atoms with Crippen molar-refractivity contribution in [3.05, 3.63) is 0 Å². The lowest BCUT2D eigenvalue weighted by Gasteiger charge is -2.33. The highest BCUT2D eigenvalue weighted by Crippen LogP contribution is 2.41. The maximum absolute atomic E-state index is 11.8. The van der Waals surface area contributed by atoms with Crippen LogP contribution in [0.1, 0.15) is 47.0 Å². The third-order valence-electron chi connectivity index (χ3n) is 3.06. The Morgan fingerprint density at radius 2 is 2.11 bits per heavy atom. The van der Waals surface area contributed by atoms with Gasteiger partial charge < -0.3 is 15.2 Å². The van der Waals surface area contributed by atoms with E-state index in [-0.39, 0.29) is 11.2 Å². The lowest BCUT2D eigenvalue weighted by Crippen LogP contribution is -2.50. The summed E-state index contributed by atoms with van der Waals surface area (Å²) in [5.74, 6) is 0.0950. The molecule has 1 heterocycles. The second-order valence-electron chi connectivity index (χ2n) is 6.06. The summed E-state index contributed by atoms with van der Waals surface area (Å²) in [5, 5.41) is 11.7. The first-order chi connectivity index (χ1) is 8.62. The molecule has 1 fully saturated rings. The van der Waals surface area contributed by atoms with Crippen molar-refractivity contribution in [3.63, 3.8) is 0 Å². The lowest BCUT2D eigenvalue weighted by molar-refractivity contribution is -0.137. The Kier molecular flexibility index (Phi) is 5.12. The number of aliphatic carboxylic acids is 1. The summed E-state index contributed by atoms with van der Waals surface area (Å²) < 4.78 is 4.98. The van der Waals surface area contributed by atoms with E-state index in [9.17, 15) is 9.59 Å². The maximum Gasteiger partial charge on any atom is 0.407 e. The fourth-order valence-electron chi connectivity index (χ4n) is 2.12. The second kappa shape index (κ2) is 6.03. The molecule has 1 aliphatic heterocycles. The van der Waals surface area contributed by atoms with Gasteiger partial charge in [-0.25, -0.2) is 4.79 Å². The predicted molar refractivity (Wildman–Crippen MR) is 75.5 cm³/mol. The molecule has 2 atom stereocenters. The Balaban J connectivity index is 2.69. The SMILES string of the molecule is CC(C)(C)OC(=O)NC(CC(=O)O)C1(C)CCCS1. The molecule has 1 amide bonds. The fraction of sp³-hybridized carbons (Fsp3) is 0.846. The summed E-state index contributed by atoms with van der Waals surface area (Å²) >= 11 is 1.72. The standard InChI is InChI=1S/C13H23NO4S/c1-12(2,3)18-11(17)14-9(8-10(15)16)13(4)6-5-7-19-13/h9H,5-8H2,1-4H3,(H,14,17)(H,15,16). The summed E-state index contributed by atoms with van der Waals surface area (Å²) in [5.41, 5.74) is -0.582. The highest BCUT2D eigenvalue weighted by molar-refractivity contribution is 8.00. The number of carboxylic acid groups (broad SMARTS) is 1. The Bertz CT molecular complexity index is 345. The maximum atomic E-state index is 11.8. The minimum absolute atomic E-state index is 0.0806. The Morgan fingerprint density at radius 1 is 1.47 bits per heavy atom. The molecule has 110 valence electrons. The first kappa shape index (κ1) is 16.1. The van der Waals surface area contributed by atoms with Gasteiger partial charge >= 0.3 is 12.1 Å². The van der Waals surface area contributed by atoms with Crippen LogP contribution in [-0.2, 0) is 9.53 Å². The van der Waals surface area contributed by atoms with Gasteiger partial charge in [-0.05, 0) is 46.3 Å². The highest BCUT2D eigenvalue weighted by atomic mass is 32.2. The summed E-state index contributed by atoms with van der Waals surface area (Å²) in [6, 6.07) is -0.410. The fourth-order valence-corrected chi connectivity index (χ4v) is 3.51. The van der Waals surface area contributed by atoms with Crippen molar-refractivity contribution >= 4 is 23.8 Å². The molecule has 1 saturated heterocycles. The van der Waals surface area contributed by atoms with E-state index in [4.69, 9.17) is 9.84 Å². The van der Waals surface area contributed by atoms with Crippen molar-refractivity contribution in [2.45, 2.75) is 63.3 Å². The van der Waals surface area contributed by atoms with Gasteiger partial charge in [0.25, 0.3) is 0 Å². The van der Waals surface area contributed by atoms with Crippen LogP contribution in [0.2, 0.25) is 0 Å². The number of ether oxygens (including phenoxy) is 1. The number of alkyl carbamates (subject to hydrolysis) is 1. The minimum Gasteiger partial charge on any atom is -0.481 e. The molecule has 6 heteroatoms. The zero-order valence-corrected chi connectivity index (χ0v) is 12.8. The summed E-state index contributed by atoms with van der Waals surface area (Å²) in [6.07, 6.45) is 1.33. The van der Waals surface area contributed by atoms with E-state index >= 15 is 0 Å². The number of thioether (sulfide) groups is 1. The quantitative estimate of drug-likeness (QED) is 0.832. The van der Waals surface area contributed by atoms with Crippen LogP contribution in [-0.4, -0.2) is 39.3 Å². The van der Waals surface area contributed by atoms with Crippen molar-refractivity contribution in [2.24, 2.45) is 0 Å². The van der Waals surface area contributed by atoms with Crippen molar-refractivity contribution in [1.82, 2.24) is 5.32 Å². The van der Waals surface area contributed by atoms with Crippen molar-refractivity contribution in [1.29, 1.82) is 0 Å². The van der Waals surface area contributed by atoms with Gasteiger partial charge in [-0.1, -0.05) is 0 Å². The number of hydrogen-bond donors (Lipinski definition) is 2. The van der Waals surface area contributed by atoms with Gasteiger partial charge in [0.2, 0.25) is 0 Å². The van der Waals surface area contributed by atoms with E-state index in [0.29, 0.717) is 0 Å². The van der Waals surface area contributed by atoms with Crippen LogP contribution < -0.4 is 5.32 Å². The van der Waals surface area contributed by atoms with Crippen molar-refractivity contribution in [3.8, 4) is 0 Å². The van der Waals surface area contributed by atoms with Crippen LogP contribution in [0.4, 0.5) is 4.79 Å². The van der Waals surface area contributed by atoms with Crippen LogP contribution in [0.15, 0.2) is 0 Å². The number of rotatable bonds is 4. The average Bonchev–Trinajstić information content (AvgIpc) is 2.61. The molecule has 19 heavy (non-hydrogen) atoms. The number of amides is 1. The Morgan fingerprint density at radius 3 is 2.53 bits per heavy atom. The zero-order chi connectivity index (χ0) is 14.7. The summed E-state index contributed by atoms with van der Waals surface area (Å²) in [7, 11) is 0. The van der Waals surface area contributed by atoms with E-state index < -0.39 is 23.7 Å². The van der Waals surface area contributed by atoms with Crippen molar-refractivity contribution < 1.29 is 19.4 Å². The molecular formula is C13H23NO4S. The third-order valence-corrected chi connectivity index (χ3v) is 4.70. The summed E-state index contributed by atoms with van der Waals surface area (Å²) in [6.45, 7) is 7.36. The van der Waals surface area contributed by atoms with Crippen LogP contribution in [0.5, 0.6) is 0 Å². The number of carboxylic acids is 1. The molecular weight excluding hydrogens is 266 g/mol. The first-order valence-electron chi connectivity index (χ1n) is 6.48. The van der Waals surface area contributed by atoms with Crippen LogP contribution >= 0.6 is 11.8 Å². The Hall–Kier alpha value is -0.910. The van der Waals surface area contributed by atoms with E-state index in [1.165, 1.54) is 0 Å². The Labute approximate surface area is 118 Å². The van der Waals surface area contributed by atoms with Gasteiger partial charge in [0.05, 0.1) is 12.5 Å². The predicted octanol–water partition coefficient (Wildman–Crippen LogP) is 2.64. The number of nitrogens with one attached hydrogen (secondary N) is 1. The molecule has 5 nitrogen and oxygen atoms in total. The zero-order valence-electron chi connectivity index (χ0n) is 12.0. The topological polar surface area (TPSA) is 75.6 Å². The molecule has 2 N–H and O–H groups in total. The van der Waals surface area contributed by atoms with Crippen LogP contribution in [0.3, 0.4) is 0 Å². The van der Waals surface area contributed by atoms with E-state index in [2.05, 4.69) is 5.32 Å². The van der Waals surface area contributed by atoms with Gasteiger partial charge in [-0.3, -0.25) is 4.79 Å². The molecule has 0 spiro atoms. The summed E-state index contributed by atoms with van der Waals surface area (Å²) in [4.78, 5) is 22.8.